The Kier molecular flexibility index (Phi) is 5.82. The Labute approximate surface area is 160 Å². The SMILES string of the molecule is N#CCC(=O)Nc1ccc(C(=O)N[C@H]2CCSc3ccc(Cl)cc32)cc1. The van der Waals surface area contributed by atoms with Gasteiger partial charge in [-0.05, 0) is 54.4 Å². The molecule has 7 heteroatoms. The number of hydrogen-bond acceptors (Lipinski definition) is 4. The Hall–Kier alpha value is -2.49. The van der Waals surface area contributed by atoms with E-state index in [1.807, 2.05) is 18.2 Å². The predicted molar refractivity (Wildman–Crippen MR) is 102 cm³/mol. The summed E-state index contributed by atoms with van der Waals surface area (Å²) in [5.41, 5.74) is 2.10. The van der Waals surface area contributed by atoms with Crippen molar-refractivity contribution in [1.29, 1.82) is 5.26 Å². The van der Waals surface area contributed by atoms with Crippen molar-refractivity contribution in [2.24, 2.45) is 0 Å². The molecule has 0 saturated heterocycles. The highest BCUT2D eigenvalue weighted by Gasteiger charge is 2.23. The number of carbonyl (C=O) groups is 2. The number of thioether (sulfide) groups is 1. The van der Waals surface area contributed by atoms with E-state index < -0.39 is 0 Å². The van der Waals surface area contributed by atoms with Gasteiger partial charge in [-0.1, -0.05) is 11.6 Å². The maximum Gasteiger partial charge on any atom is 0.251 e. The molecule has 1 aliphatic rings. The van der Waals surface area contributed by atoms with Crippen LogP contribution < -0.4 is 10.6 Å². The smallest absolute Gasteiger partial charge is 0.251 e. The fraction of sp³-hybridized carbons (Fsp3) is 0.211. The van der Waals surface area contributed by atoms with Crippen LogP contribution >= 0.6 is 23.4 Å². The number of nitrogens with one attached hydrogen (secondary N) is 2. The van der Waals surface area contributed by atoms with E-state index in [0.29, 0.717) is 16.3 Å². The molecule has 0 aromatic heterocycles. The Morgan fingerprint density at radius 2 is 2.00 bits per heavy atom. The van der Waals surface area contributed by atoms with Gasteiger partial charge in [-0.25, -0.2) is 0 Å². The average Bonchev–Trinajstić information content (AvgIpc) is 2.63. The molecule has 2 aromatic rings. The molecule has 5 nitrogen and oxygen atoms in total. The van der Waals surface area contributed by atoms with Crippen LogP contribution in [0.4, 0.5) is 5.69 Å². The van der Waals surface area contributed by atoms with E-state index in [1.54, 1.807) is 42.1 Å². The summed E-state index contributed by atoms with van der Waals surface area (Å²) in [6.45, 7) is 0. The van der Waals surface area contributed by atoms with Crippen molar-refractivity contribution in [2.75, 3.05) is 11.1 Å². The molecule has 26 heavy (non-hydrogen) atoms. The van der Waals surface area contributed by atoms with Gasteiger partial charge in [-0.2, -0.15) is 5.26 Å². The largest absolute Gasteiger partial charge is 0.345 e. The first-order valence-electron chi connectivity index (χ1n) is 8.07. The molecule has 1 heterocycles. The van der Waals surface area contributed by atoms with Crippen LogP contribution in [-0.2, 0) is 4.79 Å². The zero-order valence-electron chi connectivity index (χ0n) is 13.8. The lowest BCUT2D eigenvalue weighted by Gasteiger charge is -2.26. The van der Waals surface area contributed by atoms with E-state index in [1.165, 1.54) is 0 Å². The molecule has 2 N–H and O–H groups in total. The maximum absolute atomic E-state index is 12.6. The second kappa shape index (κ2) is 8.26. The van der Waals surface area contributed by atoms with Gasteiger partial charge in [0.25, 0.3) is 5.91 Å². The fourth-order valence-corrected chi connectivity index (χ4v) is 4.02. The number of fused-ring (bicyclic) bond motifs is 1. The van der Waals surface area contributed by atoms with Crippen molar-refractivity contribution >= 4 is 40.9 Å². The predicted octanol–water partition coefficient (Wildman–Crippen LogP) is 4.16. The molecular weight excluding hydrogens is 370 g/mol. The maximum atomic E-state index is 12.6. The number of anilines is 1. The number of halogens is 1. The van der Waals surface area contributed by atoms with Crippen molar-refractivity contribution in [3.8, 4) is 6.07 Å². The van der Waals surface area contributed by atoms with Gasteiger partial charge in [0.05, 0.1) is 12.1 Å². The second-order valence-corrected chi connectivity index (χ2v) is 7.38. The molecule has 0 saturated carbocycles. The van der Waals surface area contributed by atoms with Crippen LogP contribution in [0.15, 0.2) is 47.4 Å². The lowest BCUT2D eigenvalue weighted by atomic mass is 10.0. The lowest BCUT2D eigenvalue weighted by Crippen LogP contribution is -2.30. The molecule has 2 aromatic carbocycles. The highest BCUT2D eigenvalue weighted by Crippen LogP contribution is 2.37. The summed E-state index contributed by atoms with van der Waals surface area (Å²) in [6, 6.07) is 14.0. The summed E-state index contributed by atoms with van der Waals surface area (Å²) < 4.78 is 0. The first-order chi connectivity index (χ1) is 12.6. The lowest BCUT2D eigenvalue weighted by molar-refractivity contribution is -0.115. The van der Waals surface area contributed by atoms with Gasteiger partial charge in [-0.15, -0.1) is 11.8 Å². The Morgan fingerprint density at radius 1 is 1.23 bits per heavy atom. The van der Waals surface area contributed by atoms with Gasteiger partial charge < -0.3 is 10.6 Å². The van der Waals surface area contributed by atoms with Gasteiger partial charge in [-0.3, -0.25) is 9.59 Å². The van der Waals surface area contributed by atoms with E-state index in [0.717, 1.165) is 22.6 Å². The van der Waals surface area contributed by atoms with Gasteiger partial charge in [0.2, 0.25) is 5.91 Å². The van der Waals surface area contributed by atoms with Gasteiger partial charge >= 0.3 is 0 Å². The monoisotopic (exact) mass is 385 g/mol. The van der Waals surface area contributed by atoms with Gasteiger partial charge in [0.1, 0.15) is 6.42 Å². The summed E-state index contributed by atoms with van der Waals surface area (Å²) >= 11 is 7.86. The Balaban J connectivity index is 1.69. The molecular formula is C19H16ClN3O2S. The van der Waals surface area contributed by atoms with Gasteiger partial charge in [0.15, 0.2) is 0 Å². The van der Waals surface area contributed by atoms with Crippen LogP contribution in [0.2, 0.25) is 5.02 Å². The molecule has 0 radical (unpaired) electrons. The average molecular weight is 386 g/mol. The summed E-state index contributed by atoms with van der Waals surface area (Å²) in [6.07, 6.45) is 0.635. The van der Waals surface area contributed by atoms with Crippen LogP contribution in [0.25, 0.3) is 0 Å². The minimum Gasteiger partial charge on any atom is -0.345 e. The minimum atomic E-state index is -0.377. The van der Waals surface area contributed by atoms with Crippen molar-refractivity contribution in [3.05, 3.63) is 58.6 Å². The molecule has 0 bridgehead atoms. The number of hydrogen-bond donors (Lipinski definition) is 2. The first-order valence-corrected chi connectivity index (χ1v) is 9.43. The third-order valence-corrected chi connectivity index (χ3v) is 5.34. The van der Waals surface area contributed by atoms with Crippen LogP contribution in [-0.4, -0.2) is 17.6 Å². The number of rotatable bonds is 4. The second-order valence-electron chi connectivity index (χ2n) is 5.81. The fourth-order valence-electron chi connectivity index (χ4n) is 2.74. The molecule has 2 amide bonds. The highest BCUT2D eigenvalue weighted by atomic mass is 35.5. The van der Waals surface area contributed by atoms with Crippen LogP contribution in [0.3, 0.4) is 0 Å². The molecule has 132 valence electrons. The first kappa shape index (κ1) is 18.3. The van der Waals surface area contributed by atoms with Crippen LogP contribution in [0.5, 0.6) is 0 Å². The minimum absolute atomic E-state index is 0.0764. The third kappa shape index (κ3) is 4.37. The van der Waals surface area contributed by atoms with E-state index in [4.69, 9.17) is 16.9 Å². The van der Waals surface area contributed by atoms with E-state index in [2.05, 4.69) is 10.6 Å². The van der Waals surface area contributed by atoms with E-state index >= 15 is 0 Å². The highest BCUT2D eigenvalue weighted by molar-refractivity contribution is 7.99. The molecule has 1 atom stereocenters. The Morgan fingerprint density at radius 3 is 2.73 bits per heavy atom. The number of carbonyl (C=O) groups excluding carboxylic acids is 2. The standard InChI is InChI=1S/C19H16ClN3O2S/c20-13-3-6-17-15(11-13)16(8-10-26-17)23-19(25)12-1-4-14(5-2-12)22-18(24)7-9-21/h1-6,11,16H,7-8,10H2,(H,22,24)(H,23,25)/t16-/m0/s1. The molecule has 0 spiro atoms. The van der Waals surface area contributed by atoms with Gasteiger partial charge in [0, 0.05) is 26.9 Å². The molecule has 0 unspecified atom stereocenters. The number of amides is 2. The van der Waals surface area contributed by atoms with Crippen molar-refractivity contribution in [3.63, 3.8) is 0 Å². The van der Waals surface area contributed by atoms with E-state index in [9.17, 15) is 9.59 Å². The number of benzene rings is 2. The van der Waals surface area contributed by atoms with Crippen molar-refractivity contribution < 1.29 is 9.59 Å². The summed E-state index contributed by atoms with van der Waals surface area (Å²) in [4.78, 5) is 25.1. The molecule has 0 aliphatic carbocycles. The Bertz CT molecular complexity index is 877. The number of nitriles is 1. The summed E-state index contributed by atoms with van der Waals surface area (Å²) in [5.74, 6) is 0.379. The summed E-state index contributed by atoms with van der Waals surface area (Å²) in [7, 11) is 0. The summed E-state index contributed by atoms with van der Waals surface area (Å²) in [5, 5.41) is 14.8. The zero-order valence-corrected chi connectivity index (χ0v) is 15.4. The quantitative estimate of drug-likeness (QED) is 0.827. The molecule has 0 fully saturated rings. The third-order valence-electron chi connectivity index (χ3n) is 3.99. The molecule has 1 aliphatic heterocycles. The van der Waals surface area contributed by atoms with Crippen LogP contribution in [0, 0.1) is 11.3 Å². The number of nitrogens with zero attached hydrogens (tertiary/aromatic N) is 1. The van der Waals surface area contributed by atoms with Crippen LogP contribution in [0.1, 0.15) is 34.8 Å². The van der Waals surface area contributed by atoms with Crippen molar-refractivity contribution in [1.82, 2.24) is 5.32 Å². The topological polar surface area (TPSA) is 82.0 Å². The zero-order chi connectivity index (χ0) is 18.5. The van der Waals surface area contributed by atoms with E-state index in [-0.39, 0.29) is 24.3 Å². The normalized spacial score (nSPS) is 15.5. The van der Waals surface area contributed by atoms with Crippen molar-refractivity contribution in [2.45, 2.75) is 23.8 Å². The molecule has 3 rings (SSSR count).